The van der Waals surface area contributed by atoms with E-state index < -0.39 is 0 Å². The Morgan fingerprint density at radius 3 is 2.28 bits per heavy atom. The third kappa shape index (κ3) is 1.46. The second-order valence-electron chi connectivity index (χ2n) is 4.62. The molecule has 0 saturated heterocycles. The zero-order valence-electron chi connectivity index (χ0n) is 10.2. The topological polar surface area (TPSA) is 20.3 Å². The van der Waals surface area contributed by atoms with Crippen LogP contribution in [0.1, 0.15) is 15.9 Å². The van der Waals surface area contributed by atoms with Crippen molar-refractivity contribution in [1.82, 2.24) is 0 Å². The van der Waals surface area contributed by atoms with E-state index in [9.17, 15) is 4.79 Å². The molecule has 18 heavy (non-hydrogen) atoms. The number of ketones is 1. The van der Waals surface area contributed by atoms with Crippen LogP contribution in [0.3, 0.4) is 0 Å². The Bertz CT molecular complexity index is 662. The molecular formula is C15H12ClNO. The molecule has 3 heteroatoms. The molecular weight excluding hydrogens is 246 g/mol. The van der Waals surface area contributed by atoms with Gasteiger partial charge in [0, 0.05) is 25.2 Å². The molecule has 0 heterocycles. The van der Waals surface area contributed by atoms with Crippen molar-refractivity contribution < 1.29 is 4.79 Å². The maximum Gasteiger partial charge on any atom is 0.194 e. The van der Waals surface area contributed by atoms with Gasteiger partial charge < -0.3 is 4.90 Å². The SMILES string of the molecule is CN(C)c1cc2c(cc1Cl)-c1ccccc1C2=O. The number of rotatable bonds is 1. The summed E-state index contributed by atoms with van der Waals surface area (Å²) in [5.41, 5.74) is 4.29. The van der Waals surface area contributed by atoms with Gasteiger partial charge in [-0.2, -0.15) is 0 Å². The molecule has 0 aromatic heterocycles. The number of nitrogens with zero attached hydrogens (tertiary/aromatic N) is 1. The zero-order valence-corrected chi connectivity index (χ0v) is 11.0. The van der Waals surface area contributed by atoms with E-state index in [2.05, 4.69) is 0 Å². The molecule has 2 nitrogen and oxygen atoms in total. The highest BCUT2D eigenvalue weighted by Gasteiger charge is 2.27. The predicted molar refractivity (Wildman–Crippen MR) is 74.6 cm³/mol. The molecule has 2 aromatic rings. The molecule has 0 unspecified atom stereocenters. The molecule has 0 bridgehead atoms. The van der Waals surface area contributed by atoms with Crippen molar-refractivity contribution in [3.05, 3.63) is 52.5 Å². The fourth-order valence-corrected chi connectivity index (χ4v) is 2.71. The Morgan fingerprint density at radius 2 is 1.61 bits per heavy atom. The lowest BCUT2D eigenvalue weighted by Gasteiger charge is -2.15. The number of hydrogen-bond donors (Lipinski definition) is 0. The number of hydrogen-bond acceptors (Lipinski definition) is 2. The molecule has 2 aromatic carbocycles. The van der Waals surface area contributed by atoms with Crippen LogP contribution in [-0.4, -0.2) is 19.9 Å². The van der Waals surface area contributed by atoms with E-state index in [1.165, 1.54) is 0 Å². The minimum Gasteiger partial charge on any atom is -0.376 e. The molecule has 90 valence electrons. The van der Waals surface area contributed by atoms with E-state index in [1.54, 1.807) is 0 Å². The first-order chi connectivity index (χ1) is 8.59. The van der Waals surface area contributed by atoms with Gasteiger partial charge in [-0.05, 0) is 23.3 Å². The first kappa shape index (κ1) is 11.3. The second-order valence-corrected chi connectivity index (χ2v) is 5.03. The van der Waals surface area contributed by atoms with Crippen molar-refractivity contribution in [1.29, 1.82) is 0 Å². The Hall–Kier alpha value is -1.80. The monoisotopic (exact) mass is 257 g/mol. The Balaban J connectivity index is 2.29. The first-order valence-electron chi connectivity index (χ1n) is 5.74. The smallest absolute Gasteiger partial charge is 0.194 e. The van der Waals surface area contributed by atoms with Gasteiger partial charge in [0.1, 0.15) is 0 Å². The molecule has 0 fully saturated rings. The molecule has 0 N–H and O–H groups in total. The lowest BCUT2D eigenvalue weighted by atomic mass is 10.1. The summed E-state index contributed by atoms with van der Waals surface area (Å²) in [5.74, 6) is 0.0837. The van der Waals surface area contributed by atoms with Crippen LogP contribution in [0.15, 0.2) is 36.4 Å². The standard InChI is InChI=1S/C15H12ClNO/c1-17(2)14-8-12-11(7-13(14)16)9-5-3-4-6-10(9)15(12)18/h3-8H,1-2H3. The Labute approximate surface area is 111 Å². The second kappa shape index (κ2) is 3.85. The van der Waals surface area contributed by atoms with Crippen molar-refractivity contribution in [3.63, 3.8) is 0 Å². The summed E-state index contributed by atoms with van der Waals surface area (Å²) >= 11 is 6.26. The van der Waals surface area contributed by atoms with Gasteiger partial charge in [0.15, 0.2) is 5.78 Å². The van der Waals surface area contributed by atoms with Crippen molar-refractivity contribution in [2.24, 2.45) is 0 Å². The van der Waals surface area contributed by atoms with Gasteiger partial charge in [0.25, 0.3) is 0 Å². The van der Waals surface area contributed by atoms with Gasteiger partial charge in [-0.15, -0.1) is 0 Å². The third-order valence-electron chi connectivity index (χ3n) is 3.28. The van der Waals surface area contributed by atoms with Crippen LogP contribution < -0.4 is 4.90 Å². The first-order valence-corrected chi connectivity index (χ1v) is 6.12. The van der Waals surface area contributed by atoms with Crippen molar-refractivity contribution in [2.75, 3.05) is 19.0 Å². The summed E-state index contributed by atoms with van der Waals surface area (Å²) in [6, 6.07) is 11.4. The van der Waals surface area contributed by atoms with Crippen LogP contribution in [0.4, 0.5) is 5.69 Å². The zero-order chi connectivity index (χ0) is 12.9. The van der Waals surface area contributed by atoms with E-state index in [0.717, 1.165) is 27.9 Å². The average Bonchev–Trinajstić information content (AvgIpc) is 2.62. The van der Waals surface area contributed by atoms with E-state index >= 15 is 0 Å². The highest BCUT2D eigenvalue weighted by Crippen LogP contribution is 2.41. The number of fused-ring (bicyclic) bond motifs is 3. The van der Waals surface area contributed by atoms with Gasteiger partial charge in [-0.3, -0.25) is 4.79 Å². The molecule has 0 spiro atoms. The van der Waals surface area contributed by atoms with Crippen LogP contribution >= 0.6 is 11.6 Å². The highest BCUT2D eigenvalue weighted by atomic mass is 35.5. The highest BCUT2D eigenvalue weighted by molar-refractivity contribution is 6.34. The Kier molecular flexibility index (Phi) is 2.42. The van der Waals surface area contributed by atoms with E-state index in [-0.39, 0.29) is 5.78 Å². The van der Waals surface area contributed by atoms with Crippen LogP contribution in [0.25, 0.3) is 11.1 Å². The fourth-order valence-electron chi connectivity index (χ4n) is 2.38. The van der Waals surface area contributed by atoms with Crippen molar-refractivity contribution >= 4 is 23.1 Å². The van der Waals surface area contributed by atoms with E-state index in [0.29, 0.717) is 5.02 Å². The van der Waals surface area contributed by atoms with Gasteiger partial charge in [0.05, 0.1) is 10.7 Å². The summed E-state index contributed by atoms with van der Waals surface area (Å²) < 4.78 is 0. The summed E-state index contributed by atoms with van der Waals surface area (Å²) in [5, 5.41) is 0.670. The molecule has 0 radical (unpaired) electrons. The molecule has 3 rings (SSSR count). The molecule has 0 atom stereocenters. The molecule has 0 saturated carbocycles. The summed E-state index contributed by atoms with van der Waals surface area (Å²) in [6.45, 7) is 0. The van der Waals surface area contributed by atoms with Gasteiger partial charge in [0.2, 0.25) is 0 Å². The molecule has 1 aliphatic carbocycles. The molecule has 0 amide bonds. The van der Waals surface area contributed by atoms with Crippen molar-refractivity contribution in [3.8, 4) is 11.1 Å². The summed E-state index contributed by atoms with van der Waals surface area (Å²) in [4.78, 5) is 14.2. The maximum absolute atomic E-state index is 12.3. The quantitative estimate of drug-likeness (QED) is 0.664. The summed E-state index contributed by atoms with van der Waals surface area (Å²) in [7, 11) is 3.83. The number of carbonyl (C=O) groups is 1. The predicted octanol–water partition coefficient (Wildman–Crippen LogP) is 3.62. The maximum atomic E-state index is 12.3. The van der Waals surface area contributed by atoms with Crippen LogP contribution in [0.5, 0.6) is 0 Å². The van der Waals surface area contributed by atoms with E-state index in [4.69, 9.17) is 11.6 Å². The van der Waals surface area contributed by atoms with Gasteiger partial charge in [-0.1, -0.05) is 35.9 Å². The third-order valence-corrected chi connectivity index (χ3v) is 3.58. The van der Waals surface area contributed by atoms with Crippen molar-refractivity contribution in [2.45, 2.75) is 0 Å². The van der Waals surface area contributed by atoms with Crippen LogP contribution in [-0.2, 0) is 0 Å². The van der Waals surface area contributed by atoms with Gasteiger partial charge in [-0.25, -0.2) is 0 Å². The molecule has 0 aliphatic heterocycles. The largest absolute Gasteiger partial charge is 0.376 e. The normalized spacial score (nSPS) is 12.3. The lowest BCUT2D eigenvalue weighted by Crippen LogP contribution is -2.10. The van der Waals surface area contributed by atoms with E-state index in [1.807, 2.05) is 55.4 Å². The van der Waals surface area contributed by atoms with Crippen LogP contribution in [0, 0.1) is 0 Å². The molecule has 1 aliphatic rings. The fraction of sp³-hybridized carbons (Fsp3) is 0.133. The minimum absolute atomic E-state index is 0.0837. The average molecular weight is 258 g/mol. The lowest BCUT2D eigenvalue weighted by molar-refractivity contribution is 0.104. The Morgan fingerprint density at radius 1 is 0.944 bits per heavy atom. The van der Waals surface area contributed by atoms with Gasteiger partial charge >= 0.3 is 0 Å². The van der Waals surface area contributed by atoms with Crippen LogP contribution in [0.2, 0.25) is 5.02 Å². The number of carbonyl (C=O) groups excluding carboxylic acids is 1. The number of anilines is 1. The number of benzene rings is 2. The minimum atomic E-state index is 0.0837. The summed E-state index contributed by atoms with van der Waals surface area (Å²) in [6.07, 6.45) is 0. The number of halogens is 1.